The fourth-order valence-corrected chi connectivity index (χ4v) is 2.72. The van der Waals surface area contributed by atoms with Gasteiger partial charge in [-0.2, -0.15) is 0 Å². The zero-order valence-corrected chi connectivity index (χ0v) is 16.0. The second-order valence-corrected chi connectivity index (χ2v) is 6.11. The highest BCUT2D eigenvalue weighted by molar-refractivity contribution is 5.93. The van der Waals surface area contributed by atoms with Crippen LogP contribution in [0.2, 0.25) is 0 Å². The van der Waals surface area contributed by atoms with Crippen LogP contribution in [0.5, 0.6) is 11.5 Å². The highest BCUT2D eigenvalue weighted by Gasteiger charge is 2.11. The summed E-state index contributed by atoms with van der Waals surface area (Å²) in [5.41, 5.74) is 2.99. The summed E-state index contributed by atoms with van der Waals surface area (Å²) in [7, 11) is 3.20. The number of nitrogens with zero attached hydrogens (tertiary/aromatic N) is 2. The number of carbonyl (C=O) groups excluding carboxylic acids is 1. The SMILES string of the molecule is COc1ccccc1CNC(=O)c1cc(Nc2cc(C)ccc2OC)ncn1. The van der Waals surface area contributed by atoms with E-state index in [4.69, 9.17) is 9.47 Å². The number of hydrogen-bond acceptors (Lipinski definition) is 6. The number of methoxy groups -OCH3 is 2. The third-order valence-electron chi connectivity index (χ3n) is 4.15. The van der Waals surface area contributed by atoms with Gasteiger partial charge in [-0.15, -0.1) is 0 Å². The molecule has 2 aromatic carbocycles. The Balaban J connectivity index is 1.72. The Bertz CT molecular complexity index is 975. The summed E-state index contributed by atoms with van der Waals surface area (Å²) in [5.74, 6) is 1.61. The van der Waals surface area contributed by atoms with E-state index in [0.29, 0.717) is 18.1 Å². The zero-order chi connectivity index (χ0) is 19.9. The van der Waals surface area contributed by atoms with E-state index in [-0.39, 0.29) is 11.6 Å². The van der Waals surface area contributed by atoms with Gasteiger partial charge in [0, 0.05) is 18.2 Å². The number of ether oxygens (including phenoxy) is 2. The zero-order valence-electron chi connectivity index (χ0n) is 16.0. The molecule has 0 saturated carbocycles. The van der Waals surface area contributed by atoms with Gasteiger partial charge in [0.05, 0.1) is 19.9 Å². The van der Waals surface area contributed by atoms with Gasteiger partial charge < -0.3 is 20.1 Å². The van der Waals surface area contributed by atoms with Crippen LogP contribution in [0.15, 0.2) is 54.9 Å². The van der Waals surface area contributed by atoms with E-state index in [2.05, 4.69) is 20.6 Å². The van der Waals surface area contributed by atoms with Crippen molar-refractivity contribution in [3.05, 3.63) is 71.7 Å². The van der Waals surface area contributed by atoms with Crippen molar-refractivity contribution in [1.82, 2.24) is 15.3 Å². The molecular weight excluding hydrogens is 356 g/mol. The van der Waals surface area contributed by atoms with Crippen molar-refractivity contribution in [3.63, 3.8) is 0 Å². The number of anilines is 2. The molecule has 1 aromatic heterocycles. The molecular formula is C21H22N4O3. The summed E-state index contributed by atoms with van der Waals surface area (Å²) >= 11 is 0. The number of aromatic nitrogens is 2. The summed E-state index contributed by atoms with van der Waals surface area (Å²) in [5, 5.41) is 6.03. The van der Waals surface area contributed by atoms with Crippen LogP contribution in [-0.4, -0.2) is 30.1 Å². The van der Waals surface area contributed by atoms with E-state index in [9.17, 15) is 4.79 Å². The normalized spacial score (nSPS) is 10.2. The van der Waals surface area contributed by atoms with E-state index in [1.54, 1.807) is 20.3 Å². The van der Waals surface area contributed by atoms with Gasteiger partial charge in [0.15, 0.2) is 0 Å². The molecule has 0 aliphatic heterocycles. The molecule has 0 spiro atoms. The highest BCUT2D eigenvalue weighted by atomic mass is 16.5. The fraction of sp³-hybridized carbons (Fsp3) is 0.190. The number of benzene rings is 2. The van der Waals surface area contributed by atoms with Gasteiger partial charge in [0.25, 0.3) is 5.91 Å². The number of carbonyl (C=O) groups is 1. The van der Waals surface area contributed by atoms with Crippen LogP contribution in [0.25, 0.3) is 0 Å². The minimum absolute atomic E-state index is 0.263. The van der Waals surface area contributed by atoms with Gasteiger partial charge in [0.2, 0.25) is 0 Å². The van der Waals surface area contributed by atoms with Crippen LogP contribution in [0.3, 0.4) is 0 Å². The summed E-state index contributed by atoms with van der Waals surface area (Å²) in [6.45, 7) is 2.32. The van der Waals surface area contributed by atoms with E-state index in [1.807, 2.05) is 49.4 Å². The third kappa shape index (κ3) is 4.56. The number of para-hydroxylation sites is 1. The van der Waals surface area contributed by atoms with Gasteiger partial charge in [-0.1, -0.05) is 24.3 Å². The lowest BCUT2D eigenvalue weighted by atomic mass is 10.2. The number of hydrogen-bond donors (Lipinski definition) is 2. The van der Waals surface area contributed by atoms with Crippen molar-refractivity contribution < 1.29 is 14.3 Å². The van der Waals surface area contributed by atoms with Crippen LogP contribution >= 0.6 is 0 Å². The molecule has 1 heterocycles. The molecule has 3 aromatic rings. The van der Waals surface area contributed by atoms with E-state index >= 15 is 0 Å². The monoisotopic (exact) mass is 378 g/mol. The maximum absolute atomic E-state index is 12.5. The van der Waals surface area contributed by atoms with E-state index in [1.165, 1.54) is 6.33 Å². The average Bonchev–Trinajstić information content (AvgIpc) is 2.72. The molecule has 0 unspecified atom stereocenters. The predicted octanol–water partition coefficient (Wildman–Crippen LogP) is 3.48. The number of nitrogens with one attached hydrogen (secondary N) is 2. The molecule has 2 N–H and O–H groups in total. The molecule has 28 heavy (non-hydrogen) atoms. The first-order valence-corrected chi connectivity index (χ1v) is 8.74. The Morgan fingerprint density at radius 3 is 2.57 bits per heavy atom. The number of aryl methyl sites for hydroxylation is 1. The van der Waals surface area contributed by atoms with Crippen molar-refractivity contribution in [2.75, 3.05) is 19.5 Å². The van der Waals surface area contributed by atoms with Gasteiger partial charge in [-0.05, 0) is 30.7 Å². The maximum atomic E-state index is 12.5. The van der Waals surface area contributed by atoms with E-state index < -0.39 is 0 Å². The molecule has 144 valence electrons. The molecule has 0 aliphatic carbocycles. The minimum atomic E-state index is -0.299. The van der Waals surface area contributed by atoms with Gasteiger partial charge in [0.1, 0.15) is 29.3 Å². The standard InChI is InChI=1S/C21H22N4O3/c1-14-8-9-19(28-3)16(10-14)25-20-11-17(23-13-24-20)21(26)22-12-15-6-4-5-7-18(15)27-2/h4-11,13H,12H2,1-3H3,(H,22,26)(H,23,24,25). The first-order chi connectivity index (χ1) is 13.6. The Hall–Kier alpha value is -3.61. The Morgan fingerprint density at radius 1 is 1.00 bits per heavy atom. The summed E-state index contributed by atoms with van der Waals surface area (Å²) in [4.78, 5) is 20.8. The van der Waals surface area contributed by atoms with Gasteiger partial charge >= 0.3 is 0 Å². The number of rotatable bonds is 7. The average molecular weight is 378 g/mol. The molecule has 0 fully saturated rings. The largest absolute Gasteiger partial charge is 0.496 e. The third-order valence-corrected chi connectivity index (χ3v) is 4.15. The summed E-state index contributed by atoms with van der Waals surface area (Å²) in [6.07, 6.45) is 1.35. The van der Waals surface area contributed by atoms with Crippen LogP contribution < -0.4 is 20.1 Å². The molecule has 0 atom stereocenters. The maximum Gasteiger partial charge on any atom is 0.270 e. The predicted molar refractivity (Wildman–Crippen MR) is 107 cm³/mol. The van der Waals surface area contributed by atoms with Gasteiger partial charge in [-0.25, -0.2) is 9.97 Å². The lowest BCUT2D eigenvalue weighted by Gasteiger charge is -2.12. The topological polar surface area (TPSA) is 85.4 Å². The smallest absolute Gasteiger partial charge is 0.270 e. The quantitative estimate of drug-likeness (QED) is 0.655. The Kier molecular flexibility index (Phi) is 6.06. The van der Waals surface area contributed by atoms with Crippen LogP contribution in [0.4, 0.5) is 11.5 Å². The first-order valence-electron chi connectivity index (χ1n) is 8.74. The molecule has 7 nitrogen and oxygen atoms in total. The minimum Gasteiger partial charge on any atom is -0.496 e. The van der Waals surface area contributed by atoms with Crippen molar-refractivity contribution >= 4 is 17.4 Å². The summed E-state index contributed by atoms with van der Waals surface area (Å²) < 4.78 is 10.7. The molecule has 0 aliphatic rings. The molecule has 0 bridgehead atoms. The van der Waals surface area contributed by atoms with Crippen molar-refractivity contribution in [2.45, 2.75) is 13.5 Å². The van der Waals surface area contributed by atoms with Crippen LogP contribution in [-0.2, 0) is 6.54 Å². The Labute approximate surface area is 163 Å². The lowest BCUT2D eigenvalue weighted by Crippen LogP contribution is -2.24. The first kappa shape index (κ1) is 19.2. The fourth-order valence-electron chi connectivity index (χ4n) is 2.72. The summed E-state index contributed by atoms with van der Waals surface area (Å²) in [6, 6.07) is 14.9. The number of amides is 1. The lowest BCUT2D eigenvalue weighted by molar-refractivity contribution is 0.0945. The molecule has 0 saturated heterocycles. The molecule has 7 heteroatoms. The second-order valence-electron chi connectivity index (χ2n) is 6.11. The van der Waals surface area contributed by atoms with Crippen LogP contribution in [0.1, 0.15) is 21.6 Å². The molecule has 3 rings (SSSR count). The Morgan fingerprint density at radius 2 is 1.79 bits per heavy atom. The van der Waals surface area contributed by atoms with Crippen molar-refractivity contribution in [1.29, 1.82) is 0 Å². The van der Waals surface area contributed by atoms with Crippen molar-refractivity contribution in [2.24, 2.45) is 0 Å². The highest BCUT2D eigenvalue weighted by Crippen LogP contribution is 2.27. The van der Waals surface area contributed by atoms with E-state index in [0.717, 1.165) is 22.6 Å². The van der Waals surface area contributed by atoms with Crippen molar-refractivity contribution in [3.8, 4) is 11.5 Å². The molecule has 1 amide bonds. The molecule has 0 radical (unpaired) electrons. The van der Waals surface area contributed by atoms with Crippen LogP contribution in [0, 0.1) is 6.92 Å². The second kappa shape index (κ2) is 8.85. The van der Waals surface area contributed by atoms with Gasteiger partial charge in [-0.3, -0.25) is 4.79 Å².